The van der Waals surface area contributed by atoms with Crippen LogP contribution in [0.15, 0.2) is 0 Å². The van der Waals surface area contributed by atoms with Crippen molar-refractivity contribution < 1.29 is 18.0 Å². The van der Waals surface area contributed by atoms with Crippen molar-refractivity contribution in [3.05, 3.63) is 0 Å². The fourth-order valence-electron chi connectivity index (χ4n) is 3.32. The molecule has 2 rings (SSSR count). The van der Waals surface area contributed by atoms with Crippen LogP contribution in [-0.2, 0) is 0 Å². The van der Waals surface area contributed by atoms with Crippen LogP contribution in [0.2, 0.25) is 0 Å². The van der Waals surface area contributed by atoms with Gasteiger partial charge >= 0.3 is 12.2 Å². The van der Waals surface area contributed by atoms with Crippen LogP contribution < -0.4 is 10.6 Å². The zero-order chi connectivity index (χ0) is 15.5. The Balaban J connectivity index is 1.79. The first-order chi connectivity index (χ1) is 9.90. The molecule has 0 bridgehead atoms. The molecule has 1 saturated heterocycles. The minimum Gasteiger partial charge on any atom is -0.338 e. The Hall–Kier alpha value is -0.980. The normalized spacial score (nSPS) is 30.5. The van der Waals surface area contributed by atoms with E-state index >= 15 is 0 Å². The molecule has 1 aliphatic heterocycles. The topological polar surface area (TPSA) is 44.4 Å². The summed E-state index contributed by atoms with van der Waals surface area (Å²) in [6.07, 6.45) is -1.44. The number of nitrogens with zero attached hydrogens (tertiary/aromatic N) is 1. The Morgan fingerprint density at radius 2 is 2.00 bits per heavy atom. The standard InChI is InChI=1S/C14H24F3N3O/c1-2-18-13(21)20-7-6-12(9-20)19-11-5-3-4-10(8-11)14(15,16)17/h10-12,19H,2-9H2,1H3,(H,18,21). The van der Waals surface area contributed by atoms with Gasteiger partial charge in [-0.1, -0.05) is 6.42 Å². The maximum atomic E-state index is 12.8. The molecular formula is C14H24F3N3O. The fraction of sp³-hybridized carbons (Fsp3) is 0.929. The summed E-state index contributed by atoms with van der Waals surface area (Å²) in [4.78, 5) is 13.4. The zero-order valence-electron chi connectivity index (χ0n) is 12.4. The molecule has 1 aliphatic carbocycles. The molecule has 1 saturated carbocycles. The summed E-state index contributed by atoms with van der Waals surface area (Å²) in [5.41, 5.74) is 0. The molecule has 3 unspecified atom stereocenters. The summed E-state index contributed by atoms with van der Waals surface area (Å²) in [6.45, 7) is 3.70. The number of halogens is 3. The quantitative estimate of drug-likeness (QED) is 0.841. The first kappa shape index (κ1) is 16.4. The maximum absolute atomic E-state index is 12.8. The van der Waals surface area contributed by atoms with Crippen molar-refractivity contribution in [1.29, 1.82) is 0 Å². The summed E-state index contributed by atoms with van der Waals surface area (Å²) in [5.74, 6) is -1.18. The highest BCUT2D eigenvalue weighted by molar-refractivity contribution is 5.74. The lowest BCUT2D eigenvalue weighted by molar-refractivity contribution is -0.183. The third kappa shape index (κ3) is 4.49. The lowest BCUT2D eigenvalue weighted by atomic mass is 9.85. The van der Waals surface area contributed by atoms with Crippen molar-refractivity contribution in [2.24, 2.45) is 5.92 Å². The number of hydrogen-bond donors (Lipinski definition) is 2. The Kier molecular flexibility index (Phi) is 5.35. The van der Waals surface area contributed by atoms with Crippen LogP contribution in [0.4, 0.5) is 18.0 Å². The van der Waals surface area contributed by atoms with E-state index in [0.717, 1.165) is 12.8 Å². The number of alkyl halides is 3. The molecule has 21 heavy (non-hydrogen) atoms. The molecule has 2 amide bonds. The molecule has 0 aromatic rings. The van der Waals surface area contributed by atoms with Gasteiger partial charge in [-0.15, -0.1) is 0 Å². The molecule has 2 N–H and O–H groups in total. The van der Waals surface area contributed by atoms with E-state index < -0.39 is 12.1 Å². The third-order valence-electron chi connectivity index (χ3n) is 4.41. The van der Waals surface area contributed by atoms with E-state index in [2.05, 4.69) is 10.6 Å². The molecule has 2 fully saturated rings. The first-order valence-electron chi connectivity index (χ1n) is 7.75. The lowest BCUT2D eigenvalue weighted by Gasteiger charge is -2.32. The average Bonchev–Trinajstić information content (AvgIpc) is 2.87. The van der Waals surface area contributed by atoms with E-state index in [-0.39, 0.29) is 31.0 Å². The Labute approximate surface area is 123 Å². The highest BCUT2D eigenvalue weighted by Gasteiger charge is 2.42. The summed E-state index contributed by atoms with van der Waals surface area (Å²) in [6, 6.07) is -0.0484. The van der Waals surface area contributed by atoms with E-state index in [1.807, 2.05) is 6.92 Å². The number of nitrogens with one attached hydrogen (secondary N) is 2. The second-order valence-electron chi connectivity index (χ2n) is 6.04. The van der Waals surface area contributed by atoms with Crippen LogP contribution in [0.1, 0.15) is 39.0 Å². The highest BCUT2D eigenvalue weighted by atomic mass is 19.4. The van der Waals surface area contributed by atoms with Crippen LogP contribution >= 0.6 is 0 Å². The van der Waals surface area contributed by atoms with Gasteiger partial charge in [0.05, 0.1) is 5.92 Å². The lowest BCUT2D eigenvalue weighted by Crippen LogP contribution is -2.46. The SMILES string of the molecule is CCNC(=O)N1CCC(NC2CCCC(C(F)(F)F)C2)C1. The third-order valence-corrected chi connectivity index (χ3v) is 4.41. The van der Waals surface area contributed by atoms with Crippen LogP contribution in [-0.4, -0.2) is 48.8 Å². The largest absolute Gasteiger partial charge is 0.391 e. The van der Waals surface area contributed by atoms with Gasteiger partial charge in [0, 0.05) is 31.7 Å². The number of amides is 2. The van der Waals surface area contributed by atoms with Crippen LogP contribution in [0.5, 0.6) is 0 Å². The molecule has 0 aromatic carbocycles. The van der Waals surface area contributed by atoms with E-state index in [1.54, 1.807) is 4.90 Å². The number of hydrogen-bond acceptors (Lipinski definition) is 2. The summed E-state index contributed by atoms with van der Waals surface area (Å²) in [5, 5.41) is 6.07. The minimum absolute atomic E-state index is 0.0791. The van der Waals surface area contributed by atoms with Crippen molar-refractivity contribution in [1.82, 2.24) is 15.5 Å². The van der Waals surface area contributed by atoms with Gasteiger partial charge in [-0.2, -0.15) is 13.2 Å². The number of rotatable bonds is 3. The zero-order valence-corrected chi connectivity index (χ0v) is 12.4. The molecule has 0 spiro atoms. The number of carbonyl (C=O) groups excluding carboxylic acids is 1. The molecular weight excluding hydrogens is 283 g/mol. The highest BCUT2D eigenvalue weighted by Crippen LogP contribution is 2.37. The molecule has 2 aliphatic rings. The number of likely N-dealkylation sites (tertiary alicyclic amines) is 1. The second-order valence-corrected chi connectivity index (χ2v) is 6.04. The molecule has 1 heterocycles. The van der Waals surface area contributed by atoms with Gasteiger partial charge in [-0.25, -0.2) is 4.79 Å². The summed E-state index contributed by atoms with van der Waals surface area (Å²) in [7, 11) is 0. The maximum Gasteiger partial charge on any atom is 0.391 e. The van der Waals surface area contributed by atoms with Gasteiger partial charge in [0.15, 0.2) is 0 Å². The molecule has 0 aromatic heterocycles. The van der Waals surface area contributed by atoms with Crippen molar-refractivity contribution in [2.45, 2.75) is 57.3 Å². The van der Waals surface area contributed by atoms with Gasteiger partial charge in [-0.3, -0.25) is 0 Å². The van der Waals surface area contributed by atoms with Crippen molar-refractivity contribution >= 4 is 6.03 Å². The molecule has 122 valence electrons. The molecule has 7 heteroatoms. The van der Waals surface area contributed by atoms with Crippen molar-refractivity contribution in [2.75, 3.05) is 19.6 Å². The minimum atomic E-state index is -4.08. The van der Waals surface area contributed by atoms with Gasteiger partial charge in [0.2, 0.25) is 0 Å². The van der Waals surface area contributed by atoms with Crippen LogP contribution in [0.3, 0.4) is 0 Å². The Morgan fingerprint density at radius 3 is 2.67 bits per heavy atom. The Morgan fingerprint density at radius 1 is 1.24 bits per heavy atom. The smallest absolute Gasteiger partial charge is 0.338 e. The fourth-order valence-corrected chi connectivity index (χ4v) is 3.32. The van der Waals surface area contributed by atoms with Gasteiger partial charge in [-0.05, 0) is 32.6 Å². The van der Waals surface area contributed by atoms with E-state index in [4.69, 9.17) is 0 Å². The van der Waals surface area contributed by atoms with E-state index in [0.29, 0.717) is 26.1 Å². The van der Waals surface area contributed by atoms with E-state index in [9.17, 15) is 18.0 Å². The Bertz CT molecular complexity index is 362. The van der Waals surface area contributed by atoms with E-state index in [1.165, 1.54) is 0 Å². The molecule has 4 nitrogen and oxygen atoms in total. The van der Waals surface area contributed by atoms with Crippen LogP contribution in [0.25, 0.3) is 0 Å². The monoisotopic (exact) mass is 307 g/mol. The number of carbonyl (C=O) groups is 1. The predicted molar refractivity (Wildman–Crippen MR) is 74.0 cm³/mol. The van der Waals surface area contributed by atoms with Crippen molar-refractivity contribution in [3.8, 4) is 0 Å². The average molecular weight is 307 g/mol. The summed E-state index contributed by atoms with van der Waals surface area (Å²) < 4.78 is 38.4. The number of urea groups is 1. The molecule has 3 atom stereocenters. The first-order valence-corrected chi connectivity index (χ1v) is 7.75. The van der Waals surface area contributed by atoms with Crippen LogP contribution in [0, 0.1) is 5.92 Å². The molecule has 0 radical (unpaired) electrons. The summed E-state index contributed by atoms with van der Waals surface area (Å²) >= 11 is 0. The van der Waals surface area contributed by atoms with Gasteiger partial charge in [0.25, 0.3) is 0 Å². The van der Waals surface area contributed by atoms with Crippen molar-refractivity contribution in [3.63, 3.8) is 0 Å². The second kappa shape index (κ2) is 6.85. The predicted octanol–water partition coefficient (Wildman–Crippen LogP) is 2.50. The van der Waals surface area contributed by atoms with Gasteiger partial charge < -0.3 is 15.5 Å². The van der Waals surface area contributed by atoms with Gasteiger partial charge in [0.1, 0.15) is 0 Å².